The van der Waals surface area contributed by atoms with Crippen molar-refractivity contribution in [3.8, 4) is 0 Å². The molecule has 21 nitrogen and oxygen atoms in total. The molecule has 4 heterocycles. The normalized spacial score (nSPS) is 17.1. The van der Waals surface area contributed by atoms with E-state index in [9.17, 15) is 28.8 Å². The summed E-state index contributed by atoms with van der Waals surface area (Å²) in [4.78, 5) is 84.9. The van der Waals surface area contributed by atoms with Crippen LogP contribution in [0.1, 0.15) is 55.6 Å². The van der Waals surface area contributed by atoms with E-state index in [0.717, 1.165) is 0 Å². The number of carbonyl (C=O) groups is 6. The average molecular weight is 846 g/mol. The smallest absolute Gasteiger partial charge is 0.272 e. The minimum absolute atomic E-state index is 0.0324. The van der Waals surface area contributed by atoms with Gasteiger partial charge in [-0.15, -0.1) is 0 Å². The maximum absolute atomic E-state index is 13.5. The number of rotatable bonds is 17. The second-order valence-electron chi connectivity index (χ2n) is 16.0. The van der Waals surface area contributed by atoms with E-state index in [4.69, 9.17) is 5.73 Å². The summed E-state index contributed by atoms with van der Waals surface area (Å²) < 4.78 is 3.22. The summed E-state index contributed by atoms with van der Waals surface area (Å²) in [5, 5.41) is 22.8. The first kappa shape index (κ1) is 46.5. The third-order valence-electron chi connectivity index (χ3n) is 9.62. The van der Waals surface area contributed by atoms with E-state index >= 15 is 0 Å². The van der Waals surface area contributed by atoms with Gasteiger partial charge in [0.2, 0.25) is 0 Å². The number of allylic oxidation sites excluding steroid dienone is 1. The monoisotopic (exact) mass is 845 g/mol. The third kappa shape index (κ3) is 11.5. The highest BCUT2D eigenvalue weighted by Gasteiger charge is 2.33. The van der Waals surface area contributed by atoms with Gasteiger partial charge >= 0.3 is 0 Å². The number of hydrogen-bond acceptors (Lipinski definition) is 14. The van der Waals surface area contributed by atoms with E-state index in [1.54, 1.807) is 106 Å². The number of nitrogens with two attached hydrogens (primary N) is 1. The molecule has 0 aromatic carbocycles. The molecule has 0 aliphatic carbocycles. The zero-order chi connectivity index (χ0) is 45.7. The summed E-state index contributed by atoms with van der Waals surface area (Å²) in [5.74, 6) is -1.72. The molecule has 0 saturated heterocycles. The molecule has 4 atom stereocenters. The largest absolute Gasteiger partial charge is 0.384 e. The Kier molecular flexibility index (Phi) is 14.4. The molecular weight excluding hydrogens is 787 g/mol. The molecule has 0 spiro atoms. The minimum Gasteiger partial charge on any atom is -0.384 e. The van der Waals surface area contributed by atoms with Crippen LogP contribution in [-0.4, -0.2) is 117 Å². The zero-order valence-corrected chi connectivity index (χ0v) is 36.6. The summed E-state index contributed by atoms with van der Waals surface area (Å²) in [6.07, 6.45) is 6.08. The molecule has 330 valence electrons. The molecule has 5 amide bonds. The van der Waals surface area contributed by atoms with Crippen molar-refractivity contribution in [1.82, 2.24) is 60.6 Å². The van der Waals surface area contributed by atoms with Crippen molar-refractivity contribution in [2.75, 3.05) is 38.8 Å². The molecule has 10 N–H and O–H groups in total. The lowest BCUT2D eigenvalue weighted by Gasteiger charge is -2.31. The summed E-state index contributed by atoms with van der Waals surface area (Å²) in [7, 11) is 9.98. The van der Waals surface area contributed by atoms with E-state index in [1.807, 2.05) is 20.8 Å². The number of Topliss-reactive ketones (excluding diaryl/α,β-unsaturated/α-hetero) is 1. The summed E-state index contributed by atoms with van der Waals surface area (Å²) in [6, 6.07) is 3.14. The first-order chi connectivity index (χ1) is 28.4. The van der Waals surface area contributed by atoms with Gasteiger partial charge in [0.15, 0.2) is 24.3 Å². The molecule has 2 aromatic rings. The summed E-state index contributed by atoms with van der Waals surface area (Å²) in [6.45, 7) is 16.4. The van der Waals surface area contributed by atoms with Gasteiger partial charge < -0.3 is 71.7 Å². The number of aromatic nitrogens is 2. The van der Waals surface area contributed by atoms with Gasteiger partial charge in [0, 0.05) is 84.4 Å². The second-order valence-corrected chi connectivity index (χ2v) is 16.0. The fourth-order valence-corrected chi connectivity index (χ4v) is 6.30. The van der Waals surface area contributed by atoms with Crippen molar-refractivity contribution in [2.45, 2.75) is 59.3 Å². The molecular formula is C40H59N15O6. The summed E-state index contributed by atoms with van der Waals surface area (Å²) >= 11 is 0. The number of amides is 5. The van der Waals surface area contributed by atoms with E-state index < -0.39 is 53.7 Å². The molecule has 4 unspecified atom stereocenters. The molecule has 2 aliphatic heterocycles. The highest BCUT2D eigenvalue weighted by Crippen LogP contribution is 2.24. The van der Waals surface area contributed by atoms with Crippen molar-refractivity contribution >= 4 is 46.7 Å². The van der Waals surface area contributed by atoms with Gasteiger partial charge in [-0.25, -0.2) is 0 Å². The summed E-state index contributed by atoms with van der Waals surface area (Å²) in [5.41, 5.74) is 7.07. The van der Waals surface area contributed by atoms with Crippen LogP contribution in [0.5, 0.6) is 0 Å². The van der Waals surface area contributed by atoms with Crippen molar-refractivity contribution in [2.24, 2.45) is 25.2 Å². The molecule has 21 heteroatoms. The Balaban J connectivity index is 1.29. The fourth-order valence-electron chi connectivity index (χ4n) is 6.30. The lowest BCUT2D eigenvalue weighted by molar-refractivity contribution is -0.129. The van der Waals surface area contributed by atoms with E-state index in [0.29, 0.717) is 34.4 Å². The van der Waals surface area contributed by atoms with Crippen LogP contribution in [-0.2, 0) is 33.3 Å². The van der Waals surface area contributed by atoms with Gasteiger partial charge in [0.1, 0.15) is 17.3 Å². The van der Waals surface area contributed by atoms with Gasteiger partial charge in [-0.1, -0.05) is 33.9 Å². The van der Waals surface area contributed by atoms with Crippen molar-refractivity contribution in [3.05, 3.63) is 96.9 Å². The highest BCUT2D eigenvalue weighted by atomic mass is 16.2. The Hall–Kier alpha value is -7.16. The minimum atomic E-state index is -0.994. The maximum atomic E-state index is 13.5. The SMILES string of the molecule is C=CN(C)C(NC(C)NC(=O)C1NC(NC(=O)C2NC(N)=CN2C)=CN1C)C(=O)N/C(C)=C/N(C)C(=C)C(=O)Nc1cc(C(=O)Nc2cc(C(=O)C(C)(C)C)n(C)c2)n(C)c1. The van der Waals surface area contributed by atoms with Gasteiger partial charge in [0.25, 0.3) is 29.5 Å². The Labute approximate surface area is 355 Å². The lowest BCUT2D eigenvalue weighted by Crippen LogP contribution is -2.60. The molecule has 0 saturated carbocycles. The Morgan fingerprint density at radius 1 is 0.869 bits per heavy atom. The van der Waals surface area contributed by atoms with Crippen LogP contribution in [0.15, 0.2) is 85.5 Å². The number of likely N-dealkylation sites (N-methyl/N-ethyl adjacent to an activating group) is 4. The Morgan fingerprint density at radius 3 is 2.03 bits per heavy atom. The predicted octanol–water partition coefficient (Wildman–Crippen LogP) is 0.0543. The van der Waals surface area contributed by atoms with Crippen LogP contribution < -0.4 is 48.3 Å². The molecule has 2 aliphatic rings. The Morgan fingerprint density at radius 2 is 1.44 bits per heavy atom. The maximum Gasteiger partial charge on any atom is 0.272 e. The number of aryl methyl sites for hydroxylation is 2. The van der Waals surface area contributed by atoms with Crippen LogP contribution in [0.3, 0.4) is 0 Å². The van der Waals surface area contributed by atoms with Crippen LogP contribution in [0, 0.1) is 5.41 Å². The quantitative estimate of drug-likeness (QED) is 0.0581. The third-order valence-corrected chi connectivity index (χ3v) is 9.62. The van der Waals surface area contributed by atoms with Crippen LogP contribution in [0.2, 0.25) is 0 Å². The van der Waals surface area contributed by atoms with Crippen molar-refractivity contribution in [1.29, 1.82) is 0 Å². The van der Waals surface area contributed by atoms with Gasteiger partial charge in [0.05, 0.1) is 28.9 Å². The number of carbonyl (C=O) groups excluding carboxylic acids is 6. The van der Waals surface area contributed by atoms with Gasteiger partial charge in [-0.05, 0) is 32.2 Å². The molecule has 4 rings (SSSR count). The average Bonchev–Trinajstić information content (AvgIpc) is 3.92. The molecule has 0 bridgehead atoms. The van der Waals surface area contributed by atoms with Crippen LogP contribution in [0.4, 0.5) is 11.4 Å². The Bertz CT molecular complexity index is 2180. The molecule has 0 fully saturated rings. The van der Waals surface area contributed by atoms with E-state index in [1.165, 1.54) is 28.3 Å². The number of hydrogen-bond donors (Lipinski definition) is 9. The highest BCUT2D eigenvalue weighted by molar-refractivity contribution is 6.07. The van der Waals surface area contributed by atoms with E-state index in [-0.39, 0.29) is 23.1 Å². The van der Waals surface area contributed by atoms with Crippen LogP contribution >= 0.6 is 0 Å². The fraction of sp³-hybridized carbons (Fsp3) is 0.400. The lowest BCUT2D eigenvalue weighted by atomic mass is 9.89. The number of ketones is 1. The van der Waals surface area contributed by atoms with Gasteiger partial charge in [-0.2, -0.15) is 0 Å². The number of nitrogens with one attached hydrogen (secondary N) is 8. The molecule has 61 heavy (non-hydrogen) atoms. The van der Waals surface area contributed by atoms with Crippen molar-refractivity contribution in [3.63, 3.8) is 0 Å². The molecule has 2 aromatic heterocycles. The number of anilines is 2. The zero-order valence-electron chi connectivity index (χ0n) is 36.6. The van der Waals surface area contributed by atoms with Crippen molar-refractivity contribution < 1.29 is 28.8 Å². The standard InChI is InChI=1S/C40H59N15O6/c1-14-50(8)32(43-24(4)44-38(60)34-48-30(21-55(34)13)49-39(61)33-47-29(41)20-54(33)12)37(59)42-22(2)17-51(9)23(3)35(57)45-26-16-28(53(11)19-26)36(58)46-25-15-27(52(10)18-25)31(56)40(5,6)7/h14-21,24,32-34,43,47-48H,1,3,41H2,2,4-13H3,(H,42,59)(H,44,60)(H,45,57)(H,46,58)(H,49,61)/b22-17+. The second kappa shape index (κ2) is 18.8. The number of nitrogens with zero attached hydrogens (tertiary/aromatic N) is 6. The topological polar surface area (TPSA) is 248 Å². The van der Waals surface area contributed by atoms with Crippen LogP contribution in [0.25, 0.3) is 0 Å². The first-order valence-corrected chi connectivity index (χ1v) is 19.2. The predicted molar refractivity (Wildman–Crippen MR) is 230 cm³/mol. The first-order valence-electron chi connectivity index (χ1n) is 19.2. The molecule has 0 radical (unpaired) electrons. The van der Waals surface area contributed by atoms with Gasteiger partial charge in [-0.3, -0.25) is 34.1 Å². The van der Waals surface area contributed by atoms with E-state index in [2.05, 4.69) is 55.7 Å².